The van der Waals surface area contributed by atoms with Crippen LogP contribution in [-0.2, 0) is 11.0 Å². The van der Waals surface area contributed by atoms with Crippen molar-refractivity contribution < 1.29 is 40.7 Å². The number of hydrogen-bond donors (Lipinski definition) is 2. The summed E-state index contributed by atoms with van der Waals surface area (Å²) < 4.78 is 80.3. The third-order valence-corrected chi connectivity index (χ3v) is 5.23. The highest BCUT2D eigenvalue weighted by molar-refractivity contribution is 6.31. The third kappa shape index (κ3) is 6.01. The van der Waals surface area contributed by atoms with Gasteiger partial charge in [-0.2, -0.15) is 13.2 Å². The summed E-state index contributed by atoms with van der Waals surface area (Å²) in [5.41, 5.74) is -1.10. The standard InChI is InChI=1S/C20H17ClF6N4O3/c1-10-17(32)28-6-7-31(10)18(33)30-15(11-2-4-13(5-3-11)34-20(25,26)27)12-8-14(21)16(29-9-12)19(22,23)24/h2-5,8-10,15H,6-7H2,1H3,(H,28,32)(H,30,33)/t10-,15-/m1/s1. The molecule has 184 valence electrons. The number of hydrogen-bond acceptors (Lipinski definition) is 4. The first-order valence-corrected chi connectivity index (χ1v) is 10.1. The highest BCUT2D eigenvalue weighted by Gasteiger charge is 2.36. The molecule has 1 aliphatic heterocycles. The van der Waals surface area contributed by atoms with Crippen LogP contribution in [0.2, 0.25) is 5.02 Å². The van der Waals surface area contributed by atoms with E-state index >= 15 is 0 Å². The number of alkyl halides is 6. The maximum absolute atomic E-state index is 13.0. The number of ether oxygens (including phenoxy) is 1. The summed E-state index contributed by atoms with van der Waals surface area (Å²) in [5, 5.41) is 4.44. The predicted octanol–water partition coefficient (Wildman–Crippen LogP) is 4.27. The number of piperazine rings is 1. The Labute approximate surface area is 194 Å². The number of aromatic nitrogens is 1. The fourth-order valence-corrected chi connectivity index (χ4v) is 3.59. The molecule has 1 aromatic carbocycles. The Morgan fingerprint density at radius 2 is 1.85 bits per heavy atom. The molecule has 3 rings (SSSR count). The van der Waals surface area contributed by atoms with Gasteiger partial charge in [0.05, 0.1) is 11.1 Å². The second-order valence-corrected chi connectivity index (χ2v) is 7.66. The Bertz CT molecular complexity index is 1060. The average molecular weight is 511 g/mol. The first-order valence-electron chi connectivity index (χ1n) is 9.69. The molecular weight excluding hydrogens is 494 g/mol. The molecule has 1 saturated heterocycles. The summed E-state index contributed by atoms with van der Waals surface area (Å²) in [5.74, 6) is -0.933. The number of pyridine rings is 1. The third-order valence-electron chi connectivity index (χ3n) is 4.94. The Balaban J connectivity index is 1.96. The molecule has 0 spiro atoms. The van der Waals surface area contributed by atoms with E-state index in [0.717, 1.165) is 24.4 Å². The van der Waals surface area contributed by atoms with Crippen molar-refractivity contribution in [2.24, 2.45) is 0 Å². The van der Waals surface area contributed by atoms with Gasteiger partial charge >= 0.3 is 18.6 Å². The monoisotopic (exact) mass is 510 g/mol. The van der Waals surface area contributed by atoms with Crippen LogP contribution in [0, 0.1) is 0 Å². The van der Waals surface area contributed by atoms with Crippen LogP contribution >= 0.6 is 11.6 Å². The summed E-state index contributed by atoms with van der Waals surface area (Å²) in [4.78, 5) is 29.4. The molecule has 1 fully saturated rings. The van der Waals surface area contributed by atoms with E-state index in [-0.39, 0.29) is 24.2 Å². The van der Waals surface area contributed by atoms with Gasteiger partial charge in [-0.1, -0.05) is 23.7 Å². The van der Waals surface area contributed by atoms with Crippen molar-refractivity contribution in [2.75, 3.05) is 13.1 Å². The summed E-state index contributed by atoms with van der Waals surface area (Å²) >= 11 is 5.77. The lowest BCUT2D eigenvalue weighted by atomic mass is 9.99. The van der Waals surface area contributed by atoms with Gasteiger partial charge in [0.2, 0.25) is 5.91 Å². The lowest BCUT2D eigenvalue weighted by molar-refractivity contribution is -0.274. The van der Waals surface area contributed by atoms with Crippen molar-refractivity contribution in [1.29, 1.82) is 0 Å². The number of benzene rings is 1. The second kappa shape index (κ2) is 9.57. The maximum atomic E-state index is 13.0. The molecule has 0 saturated carbocycles. The Morgan fingerprint density at radius 1 is 1.21 bits per heavy atom. The number of carbonyl (C=O) groups is 2. The van der Waals surface area contributed by atoms with E-state index in [1.807, 2.05) is 0 Å². The van der Waals surface area contributed by atoms with E-state index in [1.165, 1.54) is 24.0 Å². The fraction of sp³-hybridized carbons (Fsp3) is 0.350. The Hall–Kier alpha value is -3.22. The number of nitrogens with one attached hydrogen (secondary N) is 2. The number of urea groups is 1. The van der Waals surface area contributed by atoms with E-state index in [4.69, 9.17) is 11.6 Å². The van der Waals surface area contributed by atoms with E-state index in [9.17, 15) is 35.9 Å². The normalized spacial score (nSPS) is 17.7. The highest BCUT2D eigenvalue weighted by atomic mass is 35.5. The van der Waals surface area contributed by atoms with Gasteiger partial charge in [0.1, 0.15) is 11.8 Å². The number of amides is 3. The van der Waals surface area contributed by atoms with Gasteiger partial charge in [-0.3, -0.25) is 4.79 Å². The summed E-state index contributed by atoms with van der Waals surface area (Å²) in [6, 6.07) is 2.61. The minimum atomic E-state index is -4.93. The zero-order valence-electron chi connectivity index (χ0n) is 17.3. The topological polar surface area (TPSA) is 83.6 Å². The van der Waals surface area contributed by atoms with Gasteiger partial charge in [0.25, 0.3) is 0 Å². The van der Waals surface area contributed by atoms with Crippen molar-refractivity contribution in [1.82, 2.24) is 20.5 Å². The van der Waals surface area contributed by atoms with Crippen LogP contribution in [0.15, 0.2) is 36.5 Å². The molecule has 0 aliphatic carbocycles. The van der Waals surface area contributed by atoms with Crippen LogP contribution in [-0.4, -0.2) is 47.3 Å². The molecule has 14 heteroatoms. The van der Waals surface area contributed by atoms with E-state index in [1.54, 1.807) is 0 Å². The van der Waals surface area contributed by atoms with Gasteiger partial charge in [-0.15, -0.1) is 13.2 Å². The van der Waals surface area contributed by atoms with Gasteiger partial charge < -0.3 is 20.3 Å². The summed E-state index contributed by atoms with van der Waals surface area (Å²) in [7, 11) is 0. The number of rotatable bonds is 4. The lowest BCUT2D eigenvalue weighted by Gasteiger charge is -2.34. The van der Waals surface area contributed by atoms with Crippen LogP contribution in [0.4, 0.5) is 31.1 Å². The molecule has 3 amide bonds. The van der Waals surface area contributed by atoms with Crippen molar-refractivity contribution >= 4 is 23.5 Å². The average Bonchev–Trinajstić information content (AvgIpc) is 2.72. The van der Waals surface area contributed by atoms with E-state index in [2.05, 4.69) is 20.4 Å². The fourth-order valence-electron chi connectivity index (χ4n) is 3.31. The smallest absolute Gasteiger partial charge is 0.406 e. The molecule has 2 aromatic rings. The zero-order valence-corrected chi connectivity index (χ0v) is 18.1. The molecule has 1 aromatic heterocycles. The first-order chi connectivity index (χ1) is 15.8. The van der Waals surface area contributed by atoms with Gasteiger partial charge in [0.15, 0.2) is 5.69 Å². The number of nitrogens with zero attached hydrogens (tertiary/aromatic N) is 2. The first kappa shape index (κ1) is 25.4. The van der Waals surface area contributed by atoms with E-state index in [0.29, 0.717) is 0 Å². The molecule has 1 aliphatic rings. The molecular formula is C20H17ClF6N4O3. The molecule has 2 N–H and O–H groups in total. The van der Waals surface area contributed by atoms with Crippen molar-refractivity contribution in [3.05, 3.63) is 58.4 Å². The summed E-state index contributed by atoms with van der Waals surface area (Å²) in [6.07, 6.45) is -8.89. The quantitative estimate of drug-likeness (QED) is 0.602. The molecule has 2 atom stereocenters. The largest absolute Gasteiger partial charge is 0.573 e. The zero-order chi connectivity index (χ0) is 25.3. The van der Waals surface area contributed by atoms with Gasteiger partial charge in [0, 0.05) is 19.3 Å². The minimum absolute atomic E-state index is 0.0324. The predicted molar refractivity (Wildman–Crippen MR) is 107 cm³/mol. The second-order valence-electron chi connectivity index (χ2n) is 7.26. The highest BCUT2D eigenvalue weighted by Crippen LogP contribution is 2.35. The Kier molecular flexibility index (Phi) is 7.15. The van der Waals surface area contributed by atoms with Crippen molar-refractivity contribution in [2.45, 2.75) is 31.5 Å². The van der Waals surface area contributed by atoms with Crippen LogP contribution < -0.4 is 15.4 Å². The van der Waals surface area contributed by atoms with Crippen molar-refractivity contribution in [3.8, 4) is 5.75 Å². The molecule has 0 radical (unpaired) electrons. The Morgan fingerprint density at radius 3 is 2.41 bits per heavy atom. The SMILES string of the molecule is C[C@@H]1C(=O)NCCN1C(=O)N[C@H](c1ccc(OC(F)(F)F)cc1)c1cnc(C(F)(F)F)c(Cl)c1. The van der Waals surface area contributed by atoms with Crippen LogP contribution in [0.1, 0.15) is 29.8 Å². The molecule has 2 heterocycles. The van der Waals surface area contributed by atoms with Gasteiger partial charge in [-0.25, -0.2) is 9.78 Å². The van der Waals surface area contributed by atoms with E-state index < -0.39 is 53.0 Å². The van der Waals surface area contributed by atoms with Crippen LogP contribution in [0.25, 0.3) is 0 Å². The molecule has 7 nitrogen and oxygen atoms in total. The molecule has 0 unspecified atom stereocenters. The maximum Gasteiger partial charge on any atom is 0.573 e. The molecule has 0 bridgehead atoms. The van der Waals surface area contributed by atoms with Crippen LogP contribution in [0.5, 0.6) is 5.75 Å². The number of carbonyl (C=O) groups excluding carboxylic acids is 2. The van der Waals surface area contributed by atoms with Crippen molar-refractivity contribution in [3.63, 3.8) is 0 Å². The number of halogens is 7. The molecule has 34 heavy (non-hydrogen) atoms. The lowest BCUT2D eigenvalue weighted by Crippen LogP contribution is -2.58. The summed E-state index contributed by atoms with van der Waals surface area (Å²) in [6.45, 7) is 1.84. The minimum Gasteiger partial charge on any atom is -0.406 e. The van der Waals surface area contributed by atoms with Gasteiger partial charge in [-0.05, 0) is 36.2 Å². The van der Waals surface area contributed by atoms with Crippen LogP contribution in [0.3, 0.4) is 0 Å².